The van der Waals surface area contributed by atoms with Gasteiger partial charge in [0.25, 0.3) is 0 Å². The minimum Gasteiger partial charge on any atom is -0.445 e. The van der Waals surface area contributed by atoms with Crippen LogP contribution in [0, 0.1) is 5.82 Å². The van der Waals surface area contributed by atoms with E-state index in [-0.39, 0.29) is 24.0 Å². The van der Waals surface area contributed by atoms with Crippen LogP contribution in [0.1, 0.15) is 36.8 Å². The normalized spacial score (nSPS) is 21.5. The Hall–Kier alpha value is -2.62. The Morgan fingerprint density at radius 3 is 2.63 bits per heavy atom. The van der Waals surface area contributed by atoms with E-state index in [9.17, 15) is 9.18 Å². The molecule has 1 fully saturated rings. The van der Waals surface area contributed by atoms with Gasteiger partial charge < -0.3 is 4.74 Å². The van der Waals surface area contributed by atoms with E-state index in [2.05, 4.69) is 6.08 Å². The summed E-state index contributed by atoms with van der Waals surface area (Å²) in [5.74, 6) is -0.159. The molecule has 2 aliphatic heterocycles. The lowest BCUT2D eigenvalue weighted by molar-refractivity contribution is 0.0481. The number of nitrogens with zero attached hydrogens (tertiary/aromatic N) is 1. The molecule has 2 atom stereocenters. The molecule has 0 aliphatic carbocycles. The number of hydrogen-bond donors (Lipinski definition) is 0. The van der Waals surface area contributed by atoms with Crippen molar-refractivity contribution in [3.8, 4) is 0 Å². The van der Waals surface area contributed by atoms with Crippen molar-refractivity contribution in [1.82, 2.24) is 4.90 Å². The summed E-state index contributed by atoms with van der Waals surface area (Å²) in [5.41, 5.74) is 2.94. The first-order valence-electron chi connectivity index (χ1n) is 9.62. The molecule has 27 heavy (non-hydrogen) atoms. The molecule has 2 aliphatic rings. The number of benzene rings is 2. The van der Waals surface area contributed by atoms with E-state index in [1.807, 2.05) is 47.4 Å². The van der Waals surface area contributed by atoms with Crippen molar-refractivity contribution in [3.63, 3.8) is 0 Å². The molecule has 2 unspecified atom stereocenters. The Kier molecular flexibility index (Phi) is 5.23. The second-order valence-electron chi connectivity index (χ2n) is 7.40. The first-order chi connectivity index (χ1) is 13.2. The highest BCUT2D eigenvalue weighted by atomic mass is 19.1. The van der Waals surface area contributed by atoms with E-state index in [4.69, 9.17) is 4.74 Å². The number of rotatable bonds is 4. The number of carbonyl (C=O) groups excluding carboxylic acids is 1. The largest absolute Gasteiger partial charge is 0.445 e. The van der Waals surface area contributed by atoms with Crippen LogP contribution < -0.4 is 0 Å². The smallest absolute Gasteiger partial charge is 0.410 e. The molecule has 0 N–H and O–H groups in total. The first-order valence-corrected chi connectivity index (χ1v) is 9.62. The van der Waals surface area contributed by atoms with Crippen molar-refractivity contribution >= 4 is 6.09 Å². The van der Waals surface area contributed by atoms with E-state index in [0.29, 0.717) is 13.0 Å². The van der Waals surface area contributed by atoms with Gasteiger partial charge in [-0.3, -0.25) is 4.90 Å². The minimum atomic E-state index is -0.241. The fraction of sp³-hybridized carbons (Fsp3) is 0.348. The molecule has 2 bridgehead atoms. The Morgan fingerprint density at radius 2 is 1.85 bits per heavy atom. The minimum absolute atomic E-state index is 0.0579. The molecule has 4 heteroatoms. The molecule has 0 saturated carbocycles. The SMILES string of the molecule is O=C(OCc1ccccc1)N1C2C=C(Cc3ccccc3F)CC1CCC2. The van der Waals surface area contributed by atoms with Crippen LogP contribution in [0.2, 0.25) is 0 Å². The van der Waals surface area contributed by atoms with Crippen LogP contribution in [0.3, 0.4) is 0 Å². The lowest BCUT2D eigenvalue weighted by atomic mass is 9.83. The fourth-order valence-electron chi connectivity index (χ4n) is 4.21. The van der Waals surface area contributed by atoms with Gasteiger partial charge in [0.1, 0.15) is 12.4 Å². The monoisotopic (exact) mass is 365 g/mol. The number of amides is 1. The maximum absolute atomic E-state index is 14.0. The van der Waals surface area contributed by atoms with Gasteiger partial charge in [-0.1, -0.05) is 60.2 Å². The van der Waals surface area contributed by atoms with Gasteiger partial charge in [-0.25, -0.2) is 9.18 Å². The molecule has 0 aromatic heterocycles. The summed E-state index contributed by atoms with van der Waals surface area (Å²) in [6.07, 6.45) is 6.36. The second-order valence-corrected chi connectivity index (χ2v) is 7.40. The fourth-order valence-corrected chi connectivity index (χ4v) is 4.21. The zero-order chi connectivity index (χ0) is 18.6. The quantitative estimate of drug-likeness (QED) is 0.692. The number of carbonyl (C=O) groups is 1. The third kappa shape index (κ3) is 4.05. The summed E-state index contributed by atoms with van der Waals surface area (Å²) in [5, 5.41) is 0. The van der Waals surface area contributed by atoms with Crippen LogP contribution in [0.5, 0.6) is 0 Å². The lowest BCUT2D eigenvalue weighted by Gasteiger charge is -2.44. The van der Waals surface area contributed by atoms with Gasteiger partial charge in [0.2, 0.25) is 0 Å². The summed E-state index contributed by atoms with van der Waals surface area (Å²) < 4.78 is 19.6. The van der Waals surface area contributed by atoms with Gasteiger partial charge >= 0.3 is 6.09 Å². The average Bonchev–Trinajstić information content (AvgIpc) is 2.68. The molecule has 140 valence electrons. The van der Waals surface area contributed by atoms with Crippen LogP contribution >= 0.6 is 0 Å². The van der Waals surface area contributed by atoms with Gasteiger partial charge in [0.15, 0.2) is 0 Å². The van der Waals surface area contributed by atoms with Gasteiger partial charge in [-0.2, -0.15) is 0 Å². The van der Waals surface area contributed by atoms with Crippen molar-refractivity contribution in [3.05, 3.63) is 83.2 Å². The van der Waals surface area contributed by atoms with Crippen LogP contribution in [0.15, 0.2) is 66.2 Å². The molecule has 3 nitrogen and oxygen atoms in total. The number of ether oxygens (including phenoxy) is 1. The number of piperidine rings is 1. The predicted octanol–water partition coefficient (Wildman–Crippen LogP) is 5.26. The Labute approximate surface area is 159 Å². The topological polar surface area (TPSA) is 29.5 Å². The van der Waals surface area contributed by atoms with Crippen LogP contribution in [0.4, 0.5) is 9.18 Å². The highest BCUT2D eigenvalue weighted by Gasteiger charge is 2.37. The van der Waals surface area contributed by atoms with E-state index in [1.54, 1.807) is 6.07 Å². The molecule has 2 aromatic carbocycles. The standard InChI is InChI=1S/C23H24FNO2/c24-22-12-5-4-9-19(22)13-18-14-20-10-6-11-21(15-18)25(20)23(26)27-16-17-7-2-1-3-8-17/h1-5,7-9,12,14,20-21H,6,10-11,13,15-16H2. The third-order valence-corrected chi connectivity index (χ3v) is 5.51. The van der Waals surface area contributed by atoms with Crippen molar-refractivity contribution in [2.24, 2.45) is 0 Å². The highest BCUT2D eigenvalue weighted by molar-refractivity contribution is 5.69. The summed E-state index contributed by atoms with van der Waals surface area (Å²) >= 11 is 0. The van der Waals surface area contributed by atoms with Gasteiger partial charge in [0.05, 0.1) is 6.04 Å². The maximum Gasteiger partial charge on any atom is 0.410 e. The molecule has 1 saturated heterocycles. The summed E-state index contributed by atoms with van der Waals surface area (Å²) in [7, 11) is 0. The van der Waals surface area contributed by atoms with Gasteiger partial charge in [-0.15, -0.1) is 0 Å². The number of hydrogen-bond acceptors (Lipinski definition) is 2. The molecule has 0 spiro atoms. The van der Waals surface area contributed by atoms with E-state index in [0.717, 1.165) is 36.8 Å². The maximum atomic E-state index is 14.0. The van der Waals surface area contributed by atoms with E-state index in [1.165, 1.54) is 11.6 Å². The van der Waals surface area contributed by atoms with Gasteiger partial charge in [-0.05, 0) is 49.3 Å². The van der Waals surface area contributed by atoms with Crippen molar-refractivity contribution in [2.75, 3.05) is 0 Å². The molecule has 4 rings (SSSR count). The summed E-state index contributed by atoms with van der Waals surface area (Å²) in [6, 6.07) is 16.9. The molecule has 0 radical (unpaired) electrons. The van der Waals surface area contributed by atoms with E-state index < -0.39 is 0 Å². The molecule has 2 aromatic rings. The molecular formula is C23H24FNO2. The average molecular weight is 365 g/mol. The van der Waals surface area contributed by atoms with Crippen LogP contribution in [-0.4, -0.2) is 23.1 Å². The first kappa shape index (κ1) is 17.8. The summed E-state index contributed by atoms with van der Waals surface area (Å²) in [6.45, 7) is 0.293. The Balaban J connectivity index is 1.45. The number of halogens is 1. The second kappa shape index (κ2) is 7.95. The van der Waals surface area contributed by atoms with E-state index >= 15 is 0 Å². The lowest BCUT2D eigenvalue weighted by Crippen LogP contribution is -2.52. The Bertz CT molecular complexity index is 833. The zero-order valence-electron chi connectivity index (χ0n) is 15.3. The molecule has 2 heterocycles. The van der Waals surface area contributed by atoms with Crippen molar-refractivity contribution in [1.29, 1.82) is 0 Å². The Morgan fingerprint density at radius 1 is 1.07 bits per heavy atom. The summed E-state index contributed by atoms with van der Waals surface area (Å²) in [4.78, 5) is 14.6. The highest BCUT2D eigenvalue weighted by Crippen LogP contribution is 2.35. The zero-order valence-corrected chi connectivity index (χ0v) is 15.3. The van der Waals surface area contributed by atoms with Crippen LogP contribution in [-0.2, 0) is 17.8 Å². The predicted molar refractivity (Wildman–Crippen MR) is 103 cm³/mol. The molecule has 1 amide bonds. The number of fused-ring (bicyclic) bond motifs is 2. The van der Waals surface area contributed by atoms with Crippen LogP contribution in [0.25, 0.3) is 0 Å². The van der Waals surface area contributed by atoms with Crippen molar-refractivity contribution in [2.45, 2.75) is 50.8 Å². The van der Waals surface area contributed by atoms with Crippen molar-refractivity contribution < 1.29 is 13.9 Å². The van der Waals surface area contributed by atoms with Gasteiger partial charge in [0, 0.05) is 6.04 Å². The molecular weight excluding hydrogens is 341 g/mol. The third-order valence-electron chi connectivity index (χ3n) is 5.51.